The number of aliphatic hydroxyl groups excluding tert-OH is 24. The molecule has 47 nitrogen and oxygen atoms in total. The molecule has 9 saturated heterocycles. The Morgan fingerprint density at radius 3 is 1.11 bits per heavy atom. The van der Waals surface area contributed by atoms with Crippen LogP contribution in [0.25, 0.3) is 0 Å². The normalized spacial score (nSPS) is 50.7. The van der Waals surface area contributed by atoms with Gasteiger partial charge in [0.15, 0.2) is 56.6 Å². The Hall–Kier alpha value is -3.23. The Morgan fingerprint density at radius 1 is 0.262 bits per heavy atom. The van der Waals surface area contributed by atoms with Crippen LogP contribution in [0, 0.1) is 0 Å². The van der Waals surface area contributed by atoms with E-state index in [0.717, 1.165) is 20.8 Å². The summed E-state index contributed by atoms with van der Waals surface area (Å²) in [5, 5.41) is 273. The van der Waals surface area contributed by atoms with Crippen LogP contribution in [0.2, 0.25) is 0 Å². The topological polar surface area (TPSA) is 730 Å². The highest BCUT2D eigenvalue weighted by atomic mass is 16.8. The minimum absolute atomic E-state index is 0.815. The van der Waals surface area contributed by atoms with E-state index in [1.807, 2.05) is 0 Å². The second kappa shape index (κ2) is 37.8. The molecular formula is C60H101N3O44. The molecule has 9 aliphatic heterocycles. The number of nitrogens with one attached hydrogen (secondary N) is 3. The molecule has 9 heterocycles. The number of hydrogen-bond donors (Lipinski definition) is 27. The van der Waals surface area contributed by atoms with Crippen LogP contribution in [0.3, 0.4) is 0 Å². The van der Waals surface area contributed by atoms with Crippen LogP contribution in [0.4, 0.5) is 0 Å². The maximum atomic E-state index is 13.4. The van der Waals surface area contributed by atoms with E-state index >= 15 is 0 Å². The molecule has 0 unspecified atom stereocenters. The van der Waals surface area contributed by atoms with Gasteiger partial charge >= 0.3 is 0 Å². The third-order valence-electron chi connectivity index (χ3n) is 19.9. The second-order valence-electron chi connectivity index (χ2n) is 27.4. The first-order valence-corrected chi connectivity index (χ1v) is 34.3. The zero-order chi connectivity index (χ0) is 78.8. The van der Waals surface area contributed by atoms with Crippen molar-refractivity contribution in [3.8, 4) is 0 Å². The average molecular weight is 1570 g/mol. The number of carbonyl (C=O) groups excluding carboxylic acids is 3. The standard InChI is InChI=1S/C60H101N3O44/c1-13-28(72)36(80)41(85)55(93-13)92-12-24-47(34(78)25(52(90)95-24)61-15(3)69)102-53-26(62-16(4)70)35(79)46(21(9-67)99-53)103-59-45(89)50(33(77)23(101-59)11-91-56-42(86)38(82)30(74)18(6-64)96-56)106-60-51(40(84)32(76)20(8-66)98-60)107-54-27(63-17(5)71)49(105-57-43(87)37(81)29(73)14(2)94-57)48(22(10-68)100-54)104-58-44(88)39(83)31(75)19(7-65)97-58/h13-14,18-60,64-68,72-90H,6-12H2,1-5H3,(H,61,69)(H,62,70)(H,63,71)/t13-,14-,18+,19+,20+,21+,22+,23+,24+,25+,26+,27+,28+,29+,30+,31-,32+,33+,34+,35+,36+,37+,38-,39-,40-,41-,42-,43-,44+,45-,46+,47+,48+,49+,50-,51-,52+,53-,54-,55-,56+,57+,58-,59-,60-/m0/s1. The number of hydrogen-bond acceptors (Lipinski definition) is 44. The quantitative estimate of drug-likeness (QED) is 0.0382. The fourth-order valence-corrected chi connectivity index (χ4v) is 13.8. The third-order valence-corrected chi connectivity index (χ3v) is 19.9. The molecule has 9 aliphatic rings. The van der Waals surface area contributed by atoms with E-state index in [1.165, 1.54) is 13.8 Å². The molecule has 0 aromatic heterocycles. The van der Waals surface area contributed by atoms with E-state index in [9.17, 15) is 137 Å². The summed E-state index contributed by atoms with van der Waals surface area (Å²) in [6.07, 6.45) is -84.5. The van der Waals surface area contributed by atoms with Crippen molar-refractivity contribution in [2.75, 3.05) is 46.2 Å². The van der Waals surface area contributed by atoms with Crippen molar-refractivity contribution in [2.45, 2.75) is 311 Å². The summed E-state index contributed by atoms with van der Waals surface area (Å²) in [6, 6.07) is -5.67. The van der Waals surface area contributed by atoms with Gasteiger partial charge in [0.05, 0.1) is 58.5 Å². The van der Waals surface area contributed by atoms with E-state index in [0.29, 0.717) is 0 Å². The van der Waals surface area contributed by atoms with Crippen LogP contribution in [-0.2, 0) is 94.9 Å². The highest BCUT2D eigenvalue weighted by Gasteiger charge is 2.61. The maximum absolute atomic E-state index is 13.4. The Balaban J connectivity index is 1.05. The van der Waals surface area contributed by atoms with Gasteiger partial charge in [-0.25, -0.2) is 0 Å². The van der Waals surface area contributed by atoms with Crippen LogP contribution in [0.1, 0.15) is 34.6 Å². The Kier molecular flexibility index (Phi) is 31.0. The fraction of sp³-hybridized carbons (Fsp3) is 0.950. The van der Waals surface area contributed by atoms with E-state index < -0.39 is 340 Å². The van der Waals surface area contributed by atoms with Gasteiger partial charge in [-0.15, -0.1) is 0 Å². The summed E-state index contributed by atoms with van der Waals surface area (Å²) in [7, 11) is 0. The molecule has 3 amide bonds. The Labute approximate surface area is 606 Å². The largest absolute Gasteiger partial charge is 0.394 e. The molecule has 45 atom stereocenters. The summed E-state index contributed by atoms with van der Waals surface area (Å²) >= 11 is 0. The molecule has 47 heteroatoms. The molecule has 0 saturated carbocycles. The zero-order valence-electron chi connectivity index (χ0n) is 57.8. The van der Waals surface area contributed by atoms with Gasteiger partial charge in [0, 0.05) is 20.8 Å². The van der Waals surface area contributed by atoms with Crippen LogP contribution < -0.4 is 16.0 Å². The van der Waals surface area contributed by atoms with Gasteiger partial charge < -0.3 is 219 Å². The van der Waals surface area contributed by atoms with E-state index in [4.69, 9.17) is 80.5 Å². The Morgan fingerprint density at radius 2 is 0.589 bits per heavy atom. The number of rotatable bonds is 26. The van der Waals surface area contributed by atoms with Gasteiger partial charge in [0.25, 0.3) is 0 Å². The van der Waals surface area contributed by atoms with Gasteiger partial charge in [-0.3, -0.25) is 14.4 Å². The number of aliphatic hydroxyl groups is 24. The Bertz CT molecular complexity index is 2800. The van der Waals surface area contributed by atoms with Crippen molar-refractivity contribution in [1.82, 2.24) is 16.0 Å². The molecule has 0 bridgehead atoms. The third kappa shape index (κ3) is 19.3. The van der Waals surface area contributed by atoms with Crippen molar-refractivity contribution in [3.63, 3.8) is 0 Å². The SMILES string of the molecule is CC(=O)N[C@@H]1[C@@H](O)[C@H](O[C@@H]2O[C@H](CO)[C@@H](O[C@@H]3O[C@H](CO[C@@H]4O[C@H](CO)[C@@H](O)[C@H](O)[C@@H]4O)[C@@H](O)[C@H](O[C@@H]4O[C@H](CO)[C@@H](O)[C@H](O)[C@@H]4O[C@@H]4O[C@H](CO)[C@@H](O[C@@H]5O[C@H](CO)[C@H](O)[C@H](O)[C@H]5O)[C@H](O[C@H]5O[C@@H](C)[C@@H](O)[C@@H](O)[C@@H]5O)[C@H]4NC(C)=O)[C@@H]3O)[C@H](O)[C@H]2NC(C)=O)[C@@H](CO[C@H]2O[C@@H](C)[C@@H](O)[C@@H](O)[C@@H]2O)O[C@H]1O. The van der Waals surface area contributed by atoms with Crippen LogP contribution >= 0.6 is 0 Å². The highest BCUT2D eigenvalue weighted by Crippen LogP contribution is 2.40. The molecular weight excluding hydrogens is 1470 g/mol. The lowest BCUT2D eigenvalue weighted by Gasteiger charge is -2.52. The minimum atomic E-state index is -2.53. The van der Waals surface area contributed by atoms with Crippen molar-refractivity contribution in [3.05, 3.63) is 0 Å². The number of ether oxygens (including phenoxy) is 17. The molecule has 0 aromatic carbocycles. The van der Waals surface area contributed by atoms with Gasteiger partial charge in [-0.2, -0.15) is 0 Å². The minimum Gasteiger partial charge on any atom is -0.394 e. The van der Waals surface area contributed by atoms with Crippen molar-refractivity contribution < 1.29 is 217 Å². The predicted octanol–water partition coefficient (Wildman–Crippen LogP) is -18.1. The molecule has 107 heavy (non-hydrogen) atoms. The molecule has 0 aliphatic carbocycles. The van der Waals surface area contributed by atoms with Crippen molar-refractivity contribution >= 4 is 17.7 Å². The zero-order valence-corrected chi connectivity index (χ0v) is 57.8. The first kappa shape index (κ1) is 87.7. The van der Waals surface area contributed by atoms with Gasteiger partial charge in [-0.1, -0.05) is 0 Å². The lowest BCUT2D eigenvalue weighted by Crippen LogP contribution is -2.71. The summed E-state index contributed by atoms with van der Waals surface area (Å²) in [5.74, 6) is -2.75. The average Bonchev–Trinajstić information content (AvgIpc) is 0.761. The smallest absolute Gasteiger partial charge is 0.217 e. The molecule has 620 valence electrons. The summed E-state index contributed by atoms with van der Waals surface area (Å²) in [6.45, 7) is -1.94. The van der Waals surface area contributed by atoms with Crippen LogP contribution in [-0.4, -0.2) is 463 Å². The fourth-order valence-electron chi connectivity index (χ4n) is 13.8. The summed E-state index contributed by atoms with van der Waals surface area (Å²) < 4.78 is 101. The lowest BCUT2D eigenvalue weighted by molar-refractivity contribution is -0.402. The van der Waals surface area contributed by atoms with Gasteiger partial charge in [0.1, 0.15) is 207 Å². The summed E-state index contributed by atoms with van der Waals surface area (Å²) in [4.78, 5) is 38.8. The van der Waals surface area contributed by atoms with Gasteiger partial charge in [-0.05, 0) is 13.8 Å². The monoisotopic (exact) mass is 1570 g/mol. The molecule has 27 N–H and O–H groups in total. The molecule has 9 fully saturated rings. The van der Waals surface area contributed by atoms with Crippen molar-refractivity contribution in [2.24, 2.45) is 0 Å². The first-order chi connectivity index (χ1) is 50.5. The number of amides is 3. The summed E-state index contributed by atoms with van der Waals surface area (Å²) in [5.41, 5.74) is 0. The van der Waals surface area contributed by atoms with E-state index in [-0.39, 0.29) is 0 Å². The van der Waals surface area contributed by atoms with E-state index in [1.54, 1.807) is 0 Å². The van der Waals surface area contributed by atoms with Crippen molar-refractivity contribution in [1.29, 1.82) is 0 Å². The first-order valence-electron chi connectivity index (χ1n) is 34.3. The van der Waals surface area contributed by atoms with E-state index in [2.05, 4.69) is 16.0 Å². The molecule has 0 spiro atoms. The van der Waals surface area contributed by atoms with Crippen LogP contribution in [0.5, 0.6) is 0 Å². The molecule has 0 aromatic rings. The van der Waals surface area contributed by atoms with Gasteiger partial charge in [0.2, 0.25) is 17.7 Å². The number of carbonyl (C=O) groups is 3. The maximum Gasteiger partial charge on any atom is 0.217 e. The lowest BCUT2D eigenvalue weighted by atomic mass is 9.93. The highest BCUT2D eigenvalue weighted by molar-refractivity contribution is 5.74. The molecule has 9 rings (SSSR count). The predicted molar refractivity (Wildman–Crippen MR) is 329 cm³/mol. The van der Waals surface area contributed by atoms with Crippen LogP contribution in [0.15, 0.2) is 0 Å². The second-order valence-corrected chi connectivity index (χ2v) is 27.4. The molecule has 0 radical (unpaired) electrons.